The molecule has 7 nitrogen and oxygen atoms in total. The number of halogens is 1. The lowest BCUT2D eigenvalue weighted by Gasteiger charge is -2.35. The summed E-state index contributed by atoms with van der Waals surface area (Å²) in [5, 5.41) is 2.93. The van der Waals surface area contributed by atoms with E-state index in [1.54, 1.807) is 19.1 Å². The first-order chi connectivity index (χ1) is 18.7. The number of amides is 2. The van der Waals surface area contributed by atoms with Crippen molar-refractivity contribution in [3.05, 3.63) is 95.3 Å². The van der Waals surface area contributed by atoms with Gasteiger partial charge in [-0.1, -0.05) is 66.6 Å². The van der Waals surface area contributed by atoms with Crippen LogP contribution in [0.3, 0.4) is 0 Å². The summed E-state index contributed by atoms with van der Waals surface area (Å²) in [5.41, 5.74) is 1.82. The summed E-state index contributed by atoms with van der Waals surface area (Å²) in [6.45, 7) is 10.5. The van der Waals surface area contributed by atoms with Gasteiger partial charge in [0.05, 0.1) is 10.6 Å². The highest BCUT2D eigenvalue weighted by molar-refractivity contribution is 7.92. The summed E-state index contributed by atoms with van der Waals surface area (Å²) in [6, 6.07) is 18.2. The fourth-order valence-corrected chi connectivity index (χ4v) is 5.81. The van der Waals surface area contributed by atoms with Gasteiger partial charge in [0.1, 0.15) is 18.4 Å². The third kappa shape index (κ3) is 7.69. The molecule has 0 radical (unpaired) electrons. The Morgan fingerprint density at radius 3 is 2.15 bits per heavy atom. The quantitative estimate of drug-likeness (QED) is 0.357. The smallest absolute Gasteiger partial charge is 0.264 e. The van der Waals surface area contributed by atoms with E-state index in [1.165, 1.54) is 35.2 Å². The Labute approximate surface area is 237 Å². The molecule has 0 aliphatic carbocycles. The molecule has 0 aromatic heterocycles. The minimum atomic E-state index is -4.34. The first kappa shape index (κ1) is 30.8. The Bertz CT molecular complexity index is 1450. The van der Waals surface area contributed by atoms with Crippen molar-refractivity contribution in [1.82, 2.24) is 10.2 Å². The van der Waals surface area contributed by atoms with Crippen LogP contribution in [0.2, 0.25) is 0 Å². The first-order valence-electron chi connectivity index (χ1n) is 13.2. The standard InChI is InChI=1S/C31H38FN3O4S/c1-7-27(30(37)33-31(4,5)6)34(20-24-12-10-11-23(3)19-24)29(36)21-35(28-14-9-8-13-26(28)32)40(38,39)25-17-15-22(2)16-18-25/h8-19,27H,7,20-21H2,1-6H3,(H,33,37)/t27-/m1/s1. The number of carbonyl (C=O) groups excluding carboxylic acids is 2. The van der Waals surface area contributed by atoms with Gasteiger partial charge in [0.25, 0.3) is 10.0 Å². The Kier molecular flexibility index (Phi) is 9.73. The first-order valence-corrected chi connectivity index (χ1v) is 14.7. The number of benzene rings is 3. The monoisotopic (exact) mass is 567 g/mol. The van der Waals surface area contributed by atoms with Crippen LogP contribution in [0.25, 0.3) is 0 Å². The van der Waals surface area contributed by atoms with Crippen molar-refractivity contribution in [1.29, 1.82) is 0 Å². The Morgan fingerprint density at radius 1 is 0.925 bits per heavy atom. The van der Waals surface area contributed by atoms with E-state index in [4.69, 9.17) is 0 Å². The van der Waals surface area contributed by atoms with E-state index in [0.717, 1.165) is 27.1 Å². The minimum absolute atomic E-state index is 0.0723. The highest BCUT2D eigenvalue weighted by atomic mass is 32.2. The molecule has 0 heterocycles. The number of aryl methyl sites for hydroxylation is 2. The lowest BCUT2D eigenvalue weighted by molar-refractivity contribution is -0.141. The van der Waals surface area contributed by atoms with Crippen molar-refractivity contribution in [3.63, 3.8) is 0 Å². The molecule has 0 saturated heterocycles. The predicted octanol–water partition coefficient (Wildman–Crippen LogP) is 5.36. The second kappa shape index (κ2) is 12.6. The molecule has 3 rings (SSSR count). The van der Waals surface area contributed by atoms with Gasteiger partial charge in [-0.2, -0.15) is 0 Å². The summed E-state index contributed by atoms with van der Waals surface area (Å²) in [7, 11) is -4.34. The lowest BCUT2D eigenvalue weighted by Crippen LogP contribution is -2.55. The molecule has 0 aliphatic heterocycles. The number of hydrogen-bond acceptors (Lipinski definition) is 4. The molecule has 0 saturated carbocycles. The third-order valence-electron chi connectivity index (χ3n) is 6.33. The maximum Gasteiger partial charge on any atom is 0.264 e. The van der Waals surface area contributed by atoms with Crippen molar-refractivity contribution in [2.75, 3.05) is 10.8 Å². The van der Waals surface area contributed by atoms with Gasteiger partial charge in [0, 0.05) is 12.1 Å². The number of anilines is 1. The van der Waals surface area contributed by atoms with E-state index in [-0.39, 0.29) is 23.0 Å². The minimum Gasteiger partial charge on any atom is -0.350 e. The molecule has 1 N–H and O–H groups in total. The summed E-state index contributed by atoms with van der Waals surface area (Å²) >= 11 is 0. The van der Waals surface area contributed by atoms with E-state index in [0.29, 0.717) is 6.42 Å². The Balaban J connectivity index is 2.09. The van der Waals surface area contributed by atoms with Crippen LogP contribution in [-0.2, 0) is 26.2 Å². The number of carbonyl (C=O) groups is 2. The average molecular weight is 568 g/mol. The van der Waals surface area contributed by atoms with Crippen LogP contribution in [0.5, 0.6) is 0 Å². The molecule has 0 bridgehead atoms. The maximum atomic E-state index is 15.0. The average Bonchev–Trinajstić information content (AvgIpc) is 2.86. The largest absolute Gasteiger partial charge is 0.350 e. The van der Waals surface area contributed by atoms with Gasteiger partial charge in [-0.25, -0.2) is 12.8 Å². The topological polar surface area (TPSA) is 86.8 Å². The lowest BCUT2D eigenvalue weighted by atomic mass is 10.0. The summed E-state index contributed by atoms with van der Waals surface area (Å²) in [6.07, 6.45) is 0.296. The van der Waals surface area contributed by atoms with Crippen LogP contribution < -0.4 is 9.62 Å². The number of nitrogens with zero attached hydrogens (tertiary/aromatic N) is 2. The SMILES string of the molecule is CC[C@H](C(=O)NC(C)(C)C)N(Cc1cccc(C)c1)C(=O)CN(c1ccccc1F)S(=O)(=O)c1ccc(C)cc1. The van der Waals surface area contributed by atoms with Crippen LogP contribution >= 0.6 is 0 Å². The van der Waals surface area contributed by atoms with Gasteiger partial charge in [-0.15, -0.1) is 0 Å². The second-order valence-corrected chi connectivity index (χ2v) is 12.8. The van der Waals surface area contributed by atoms with Crippen LogP contribution in [0.1, 0.15) is 50.8 Å². The van der Waals surface area contributed by atoms with E-state index >= 15 is 4.39 Å². The molecular weight excluding hydrogens is 529 g/mol. The highest BCUT2D eigenvalue weighted by Crippen LogP contribution is 2.27. The number of rotatable bonds is 10. The van der Waals surface area contributed by atoms with Gasteiger partial charge >= 0.3 is 0 Å². The van der Waals surface area contributed by atoms with Crippen molar-refractivity contribution in [3.8, 4) is 0 Å². The molecule has 3 aromatic rings. The predicted molar refractivity (Wildman–Crippen MR) is 156 cm³/mol. The molecule has 9 heteroatoms. The van der Waals surface area contributed by atoms with E-state index in [2.05, 4.69) is 5.32 Å². The van der Waals surface area contributed by atoms with E-state index < -0.39 is 39.9 Å². The normalized spacial score (nSPS) is 12.5. The number of sulfonamides is 1. The molecule has 214 valence electrons. The molecule has 1 atom stereocenters. The fraction of sp³-hybridized carbons (Fsp3) is 0.355. The summed E-state index contributed by atoms with van der Waals surface area (Å²) in [4.78, 5) is 28.7. The van der Waals surface area contributed by atoms with E-state index in [9.17, 15) is 18.0 Å². The van der Waals surface area contributed by atoms with Crippen molar-refractivity contribution in [2.45, 2.75) is 71.0 Å². The van der Waals surface area contributed by atoms with Gasteiger partial charge in [-0.3, -0.25) is 13.9 Å². The summed E-state index contributed by atoms with van der Waals surface area (Å²) < 4.78 is 43.5. The molecule has 0 spiro atoms. The van der Waals surface area contributed by atoms with Gasteiger partial charge in [-0.05, 0) is 70.9 Å². The molecule has 0 aliphatic rings. The Morgan fingerprint density at radius 2 is 1.57 bits per heavy atom. The van der Waals surface area contributed by atoms with Gasteiger partial charge in [0.2, 0.25) is 11.8 Å². The van der Waals surface area contributed by atoms with Crippen LogP contribution in [0.4, 0.5) is 10.1 Å². The zero-order valence-corrected chi connectivity index (χ0v) is 24.8. The van der Waals surface area contributed by atoms with Crippen molar-refractivity contribution in [2.24, 2.45) is 0 Å². The molecule has 2 amide bonds. The van der Waals surface area contributed by atoms with Crippen molar-refractivity contribution < 1.29 is 22.4 Å². The third-order valence-corrected chi connectivity index (χ3v) is 8.10. The molecule has 3 aromatic carbocycles. The van der Waals surface area contributed by atoms with Crippen LogP contribution in [0, 0.1) is 19.7 Å². The molecule has 40 heavy (non-hydrogen) atoms. The van der Waals surface area contributed by atoms with Gasteiger partial charge < -0.3 is 10.2 Å². The molecule has 0 fully saturated rings. The fourth-order valence-electron chi connectivity index (χ4n) is 4.38. The Hall–Kier alpha value is -3.72. The zero-order chi connectivity index (χ0) is 29.7. The highest BCUT2D eigenvalue weighted by Gasteiger charge is 2.35. The maximum absolute atomic E-state index is 15.0. The summed E-state index contributed by atoms with van der Waals surface area (Å²) in [5.74, 6) is -1.76. The van der Waals surface area contributed by atoms with Crippen LogP contribution in [0.15, 0.2) is 77.7 Å². The van der Waals surface area contributed by atoms with Gasteiger partial charge in [0.15, 0.2) is 0 Å². The molecule has 0 unspecified atom stereocenters. The number of para-hydroxylation sites is 1. The number of hydrogen-bond donors (Lipinski definition) is 1. The number of nitrogens with one attached hydrogen (secondary N) is 1. The van der Waals surface area contributed by atoms with Crippen molar-refractivity contribution >= 4 is 27.5 Å². The molecular formula is C31H38FN3O4S. The van der Waals surface area contributed by atoms with Crippen LogP contribution in [-0.4, -0.2) is 43.3 Å². The zero-order valence-electron chi connectivity index (χ0n) is 23.9. The second-order valence-electron chi connectivity index (χ2n) is 11.0. The van der Waals surface area contributed by atoms with E-state index in [1.807, 2.05) is 58.9 Å².